The number of carbonyl (C=O) groups excluding carboxylic acids is 1. The van der Waals surface area contributed by atoms with Crippen LogP contribution in [0.3, 0.4) is 0 Å². The Morgan fingerprint density at radius 3 is 2.36 bits per heavy atom. The fourth-order valence-corrected chi connectivity index (χ4v) is 1.68. The molecule has 0 atom stereocenters. The zero-order valence-electron chi connectivity index (χ0n) is 9.26. The second-order valence-corrected chi connectivity index (χ2v) is 3.69. The third-order valence-corrected chi connectivity index (χ3v) is 2.50. The topological polar surface area (TPSA) is 17.1 Å². The highest BCUT2D eigenvalue weighted by Crippen LogP contribution is 2.14. The van der Waals surface area contributed by atoms with Crippen LogP contribution in [0.15, 0.2) is 18.2 Å². The molecule has 76 valence electrons. The molecular weight excluding hydrogens is 172 g/mol. The zero-order valence-corrected chi connectivity index (χ0v) is 9.26. The van der Waals surface area contributed by atoms with E-state index in [2.05, 4.69) is 32.0 Å². The quantitative estimate of drug-likeness (QED) is 0.713. The molecule has 0 heterocycles. The van der Waals surface area contributed by atoms with Crippen molar-refractivity contribution in [2.75, 3.05) is 0 Å². The number of rotatable bonds is 4. The van der Waals surface area contributed by atoms with Gasteiger partial charge in [0, 0.05) is 6.42 Å². The maximum absolute atomic E-state index is 11.1. The lowest BCUT2D eigenvalue weighted by Gasteiger charge is -2.08. The fraction of sp³-hybridized carbons (Fsp3) is 0.462. The Morgan fingerprint density at radius 1 is 1.14 bits per heavy atom. The van der Waals surface area contributed by atoms with Crippen molar-refractivity contribution in [1.29, 1.82) is 0 Å². The number of benzene rings is 1. The summed E-state index contributed by atoms with van der Waals surface area (Å²) in [4.78, 5) is 11.1. The Labute approximate surface area is 86.1 Å². The number of carbonyl (C=O) groups is 1. The third kappa shape index (κ3) is 2.69. The fourth-order valence-electron chi connectivity index (χ4n) is 1.68. The summed E-state index contributed by atoms with van der Waals surface area (Å²) in [5.74, 6) is 0.243. The lowest BCUT2D eigenvalue weighted by Crippen LogP contribution is -2.01. The van der Waals surface area contributed by atoms with Gasteiger partial charge < -0.3 is 0 Å². The third-order valence-electron chi connectivity index (χ3n) is 2.50. The van der Waals surface area contributed by atoms with Gasteiger partial charge in [-0.3, -0.25) is 4.79 Å². The van der Waals surface area contributed by atoms with Gasteiger partial charge >= 0.3 is 0 Å². The van der Waals surface area contributed by atoms with Gasteiger partial charge in [-0.1, -0.05) is 32.0 Å². The van der Waals surface area contributed by atoms with Crippen molar-refractivity contribution in [3.05, 3.63) is 34.9 Å². The molecule has 1 rings (SSSR count). The summed E-state index contributed by atoms with van der Waals surface area (Å²) in [6.07, 6.45) is 2.62. The van der Waals surface area contributed by atoms with Crippen LogP contribution in [0.4, 0.5) is 0 Å². The smallest absolute Gasteiger partial charge is 0.134 e. The van der Waals surface area contributed by atoms with Gasteiger partial charge in [-0.05, 0) is 36.5 Å². The highest BCUT2D eigenvalue weighted by molar-refractivity contribution is 5.78. The molecule has 0 aliphatic carbocycles. The van der Waals surface area contributed by atoms with Gasteiger partial charge in [0.25, 0.3) is 0 Å². The number of aryl methyl sites for hydroxylation is 2. The van der Waals surface area contributed by atoms with Crippen LogP contribution in [0.25, 0.3) is 0 Å². The van der Waals surface area contributed by atoms with Crippen molar-refractivity contribution in [1.82, 2.24) is 0 Å². The first-order chi connectivity index (χ1) is 6.67. The monoisotopic (exact) mass is 190 g/mol. The molecule has 1 heteroatoms. The first-order valence-corrected chi connectivity index (χ1v) is 5.27. The van der Waals surface area contributed by atoms with E-state index >= 15 is 0 Å². The molecule has 0 amide bonds. The van der Waals surface area contributed by atoms with E-state index in [4.69, 9.17) is 0 Å². The highest BCUT2D eigenvalue weighted by atomic mass is 16.1. The van der Waals surface area contributed by atoms with E-state index in [0.29, 0.717) is 6.42 Å². The van der Waals surface area contributed by atoms with Gasteiger partial charge in [-0.25, -0.2) is 0 Å². The molecule has 0 N–H and O–H groups in total. The zero-order chi connectivity index (χ0) is 10.6. The molecule has 0 spiro atoms. The van der Waals surface area contributed by atoms with Gasteiger partial charge in [0.2, 0.25) is 0 Å². The highest BCUT2D eigenvalue weighted by Gasteiger charge is 2.04. The largest absolute Gasteiger partial charge is 0.300 e. The number of ketones is 1. The van der Waals surface area contributed by atoms with Crippen LogP contribution in [0.1, 0.15) is 37.5 Å². The van der Waals surface area contributed by atoms with E-state index in [1.165, 1.54) is 16.7 Å². The lowest BCUT2D eigenvalue weighted by molar-refractivity contribution is -0.116. The molecule has 1 aromatic carbocycles. The van der Waals surface area contributed by atoms with E-state index < -0.39 is 0 Å². The van der Waals surface area contributed by atoms with Crippen molar-refractivity contribution in [2.45, 2.75) is 40.0 Å². The average molecular weight is 190 g/mol. The molecule has 0 aliphatic heterocycles. The summed E-state index contributed by atoms with van der Waals surface area (Å²) in [5, 5.41) is 0. The summed E-state index contributed by atoms with van der Waals surface area (Å²) in [5.41, 5.74) is 3.83. The van der Waals surface area contributed by atoms with Crippen molar-refractivity contribution in [3.63, 3.8) is 0 Å². The van der Waals surface area contributed by atoms with Crippen molar-refractivity contribution in [3.8, 4) is 0 Å². The molecule has 1 aromatic rings. The van der Waals surface area contributed by atoms with Crippen LogP contribution in [-0.4, -0.2) is 5.78 Å². The summed E-state index contributed by atoms with van der Waals surface area (Å²) < 4.78 is 0. The van der Waals surface area contributed by atoms with Gasteiger partial charge in [-0.2, -0.15) is 0 Å². The number of Topliss-reactive ketones (excluding diaryl/α,β-unsaturated/α-hetero) is 1. The molecule has 0 fully saturated rings. The SMILES string of the molecule is CCc1ccc(CC)c(CC(C)=O)c1. The van der Waals surface area contributed by atoms with Gasteiger partial charge in [-0.15, -0.1) is 0 Å². The van der Waals surface area contributed by atoms with Crippen LogP contribution >= 0.6 is 0 Å². The minimum atomic E-state index is 0.243. The Morgan fingerprint density at radius 2 is 1.86 bits per heavy atom. The molecule has 0 aliphatic rings. The predicted octanol–water partition coefficient (Wildman–Crippen LogP) is 2.94. The van der Waals surface area contributed by atoms with Crippen LogP contribution in [-0.2, 0) is 24.1 Å². The molecule has 1 nitrogen and oxygen atoms in total. The van der Waals surface area contributed by atoms with E-state index in [1.54, 1.807) is 6.92 Å². The van der Waals surface area contributed by atoms with Gasteiger partial charge in [0.1, 0.15) is 5.78 Å². The van der Waals surface area contributed by atoms with Crippen LogP contribution in [0, 0.1) is 0 Å². The summed E-state index contributed by atoms with van der Waals surface area (Å²) in [6.45, 7) is 5.92. The molecular formula is C13H18O. The first-order valence-electron chi connectivity index (χ1n) is 5.27. The molecule has 14 heavy (non-hydrogen) atoms. The van der Waals surface area contributed by atoms with E-state index in [9.17, 15) is 4.79 Å². The van der Waals surface area contributed by atoms with Gasteiger partial charge in [0.05, 0.1) is 0 Å². The van der Waals surface area contributed by atoms with E-state index in [0.717, 1.165) is 12.8 Å². The van der Waals surface area contributed by atoms with E-state index in [-0.39, 0.29) is 5.78 Å². The minimum Gasteiger partial charge on any atom is -0.300 e. The molecule has 0 saturated heterocycles. The second kappa shape index (κ2) is 4.94. The second-order valence-electron chi connectivity index (χ2n) is 3.69. The van der Waals surface area contributed by atoms with Crippen molar-refractivity contribution >= 4 is 5.78 Å². The average Bonchev–Trinajstić information content (AvgIpc) is 2.16. The Bertz CT molecular complexity index is 326. The maximum Gasteiger partial charge on any atom is 0.134 e. The Balaban J connectivity index is 3.01. The summed E-state index contributed by atoms with van der Waals surface area (Å²) >= 11 is 0. The van der Waals surface area contributed by atoms with Crippen LogP contribution in [0.5, 0.6) is 0 Å². The molecule has 0 bridgehead atoms. The van der Waals surface area contributed by atoms with Gasteiger partial charge in [0.15, 0.2) is 0 Å². The molecule has 0 aromatic heterocycles. The molecule has 0 saturated carbocycles. The normalized spacial score (nSPS) is 10.2. The first kappa shape index (κ1) is 11.0. The summed E-state index contributed by atoms with van der Waals surface area (Å²) in [6, 6.07) is 6.47. The number of hydrogen-bond acceptors (Lipinski definition) is 1. The van der Waals surface area contributed by atoms with Crippen LogP contribution < -0.4 is 0 Å². The lowest BCUT2D eigenvalue weighted by atomic mass is 9.97. The minimum absolute atomic E-state index is 0.243. The Hall–Kier alpha value is -1.11. The standard InChI is InChI=1S/C13H18O/c1-4-11-6-7-12(5-2)13(9-11)8-10(3)14/h6-7,9H,4-5,8H2,1-3H3. The van der Waals surface area contributed by atoms with Crippen molar-refractivity contribution in [2.24, 2.45) is 0 Å². The van der Waals surface area contributed by atoms with Crippen LogP contribution in [0.2, 0.25) is 0 Å². The Kier molecular flexibility index (Phi) is 3.87. The maximum atomic E-state index is 11.1. The van der Waals surface area contributed by atoms with Crippen molar-refractivity contribution < 1.29 is 4.79 Å². The van der Waals surface area contributed by atoms with E-state index in [1.807, 2.05) is 0 Å². The molecule has 0 unspecified atom stereocenters. The predicted molar refractivity (Wildman–Crippen MR) is 59.6 cm³/mol. The number of hydrogen-bond donors (Lipinski definition) is 0. The summed E-state index contributed by atoms with van der Waals surface area (Å²) in [7, 11) is 0. The molecule has 0 radical (unpaired) electrons.